The van der Waals surface area contributed by atoms with E-state index in [9.17, 15) is 4.79 Å². The van der Waals surface area contributed by atoms with Gasteiger partial charge in [0.05, 0.1) is 13.2 Å². The van der Waals surface area contributed by atoms with Gasteiger partial charge in [0.15, 0.2) is 0 Å². The maximum Gasteiger partial charge on any atom is 0.410 e. The van der Waals surface area contributed by atoms with Crippen molar-refractivity contribution in [3.8, 4) is 0 Å². The van der Waals surface area contributed by atoms with Gasteiger partial charge in [0.25, 0.3) is 0 Å². The summed E-state index contributed by atoms with van der Waals surface area (Å²) >= 11 is 0. The Kier molecular flexibility index (Phi) is 9.02. The van der Waals surface area contributed by atoms with Gasteiger partial charge in [-0.2, -0.15) is 0 Å². The molecule has 6 heteroatoms. The Balaban J connectivity index is 2.61. The fraction of sp³-hybridized carbons (Fsp3) is 0.944. The van der Waals surface area contributed by atoms with Crippen LogP contribution < -0.4 is 5.73 Å². The first-order chi connectivity index (χ1) is 11.3. The number of rotatable bonds is 9. The SMILES string of the molecule is COCCOCCC1CN(C(=O)OC(C)(C)C)[C@H](CCCN)[C@@H]1C. The monoisotopic (exact) mass is 344 g/mol. The topological polar surface area (TPSA) is 74.0 Å². The maximum absolute atomic E-state index is 12.6. The molecule has 24 heavy (non-hydrogen) atoms. The van der Waals surface area contributed by atoms with E-state index in [0.29, 0.717) is 38.2 Å². The van der Waals surface area contributed by atoms with E-state index in [-0.39, 0.29) is 12.1 Å². The molecule has 142 valence electrons. The van der Waals surface area contributed by atoms with Gasteiger partial charge in [0.2, 0.25) is 0 Å². The van der Waals surface area contributed by atoms with Gasteiger partial charge in [-0.25, -0.2) is 4.79 Å². The van der Waals surface area contributed by atoms with Gasteiger partial charge in [-0.05, 0) is 58.4 Å². The molecule has 1 aliphatic rings. The molecule has 0 spiro atoms. The number of nitrogens with zero attached hydrogens (tertiary/aromatic N) is 1. The van der Waals surface area contributed by atoms with Crippen molar-refractivity contribution >= 4 is 6.09 Å². The zero-order valence-corrected chi connectivity index (χ0v) is 16.0. The van der Waals surface area contributed by atoms with Crippen molar-refractivity contribution < 1.29 is 19.0 Å². The molecular weight excluding hydrogens is 308 g/mol. The first-order valence-corrected chi connectivity index (χ1v) is 9.06. The minimum Gasteiger partial charge on any atom is -0.444 e. The van der Waals surface area contributed by atoms with E-state index < -0.39 is 5.60 Å². The van der Waals surface area contributed by atoms with Crippen LogP contribution >= 0.6 is 0 Å². The van der Waals surface area contributed by atoms with Crippen LogP contribution in [0.3, 0.4) is 0 Å². The Morgan fingerprint density at radius 2 is 1.92 bits per heavy atom. The van der Waals surface area contributed by atoms with E-state index in [4.69, 9.17) is 19.9 Å². The van der Waals surface area contributed by atoms with Crippen LogP contribution in [0.2, 0.25) is 0 Å². The highest BCUT2D eigenvalue weighted by atomic mass is 16.6. The average molecular weight is 344 g/mol. The molecular formula is C18H36N2O4. The minimum absolute atomic E-state index is 0.201. The molecule has 3 atom stereocenters. The zero-order valence-electron chi connectivity index (χ0n) is 16.0. The number of carbonyl (C=O) groups excluding carboxylic acids is 1. The maximum atomic E-state index is 12.6. The smallest absolute Gasteiger partial charge is 0.410 e. The van der Waals surface area contributed by atoms with Crippen molar-refractivity contribution in [3.05, 3.63) is 0 Å². The summed E-state index contributed by atoms with van der Waals surface area (Å²) in [6.07, 6.45) is 2.59. The number of nitrogens with two attached hydrogens (primary N) is 1. The lowest BCUT2D eigenvalue weighted by Gasteiger charge is -2.30. The Morgan fingerprint density at radius 1 is 1.21 bits per heavy atom. The highest BCUT2D eigenvalue weighted by Crippen LogP contribution is 2.35. The summed E-state index contributed by atoms with van der Waals surface area (Å²) in [4.78, 5) is 14.5. The molecule has 0 aromatic carbocycles. The molecule has 6 nitrogen and oxygen atoms in total. The highest BCUT2D eigenvalue weighted by Gasteiger charge is 2.42. The third-order valence-corrected chi connectivity index (χ3v) is 4.58. The summed E-state index contributed by atoms with van der Waals surface area (Å²) in [5.41, 5.74) is 5.20. The second kappa shape index (κ2) is 10.2. The average Bonchev–Trinajstić information content (AvgIpc) is 2.80. The molecule has 1 saturated heterocycles. The Morgan fingerprint density at radius 3 is 2.50 bits per heavy atom. The summed E-state index contributed by atoms with van der Waals surface area (Å²) in [5.74, 6) is 0.859. The molecule has 1 fully saturated rings. The predicted octanol–water partition coefficient (Wildman–Crippen LogP) is 2.65. The lowest BCUT2D eigenvalue weighted by molar-refractivity contribution is 0.0199. The lowest BCUT2D eigenvalue weighted by Crippen LogP contribution is -2.41. The first-order valence-electron chi connectivity index (χ1n) is 9.06. The van der Waals surface area contributed by atoms with Crippen LogP contribution in [-0.4, -0.2) is 62.7 Å². The number of ether oxygens (including phenoxy) is 3. The third-order valence-electron chi connectivity index (χ3n) is 4.58. The van der Waals surface area contributed by atoms with Crippen molar-refractivity contribution in [2.75, 3.05) is 40.0 Å². The fourth-order valence-corrected chi connectivity index (χ4v) is 3.26. The van der Waals surface area contributed by atoms with Crippen molar-refractivity contribution in [2.24, 2.45) is 17.6 Å². The second-order valence-corrected chi connectivity index (χ2v) is 7.64. The van der Waals surface area contributed by atoms with Crippen LogP contribution in [0.1, 0.15) is 47.0 Å². The number of likely N-dealkylation sites (tertiary alicyclic amines) is 1. The molecule has 0 aromatic heterocycles. The molecule has 1 unspecified atom stereocenters. The van der Waals surface area contributed by atoms with Crippen LogP contribution in [0.5, 0.6) is 0 Å². The normalized spacial score (nSPS) is 24.4. The zero-order chi connectivity index (χ0) is 18.2. The van der Waals surface area contributed by atoms with Crippen molar-refractivity contribution in [3.63, 3.8) is 0 Å². The molecule has 2 N–H and O–H groups in total. The van der Waals surface area contributed by atoms with Gasteiger partial charge in [-0.3, -0.25) is 0 Å². The van der Waals surface area contributed by atoms with Gasteiger partial charge >= 0.3 is 6.09 Å². The quantitative estimate of drug-likeness (QED) is 0.651. The summed E-state index contributed by atoms with van der Waals surface area (Å²) < 4.78 is 16.2. The fourth-order valence-electron chi connectivity index (χ4n) is 3.26. The number of hydrogen-bond acceptors (Lipinski definition) is 5. The van der Waals surface area contributed by atoms with Crippen LogP contribution in [0.4, 0.5) is 4.79 Å². The Labute approximate surface area is 147 Å². The lowest BCUT2D eigenvalue weighted by atomic mass is 9.88. The van der Waals surface area contributed by atoms with E-state index >= 15 is 0 Å². The van der Waals surface area contributed by atoms with Gasteiger partial charge in [0, 0.05) is 26.3 Å². The van der Waals surface area contributed by atoms with Gasteiger partial charge in [-0.1, -0.05) is 6.92 Å². The largest absolute Gasteiger partial charge is 0.444 e. The van der Waals surface area contributed by atoms with Crippen molar-refractivity contribution in [1.29, 1.82) is 0 Å². The van der Waals surface area contributed by atoms with E-state index in [0.717, 1.165) is 25.8 Å². The summed E-state index contributed by atoms with van der Waals surface area (Å²) in [6.45, 7) is 11.2. The van der Waals surface area contributed by atoms with E-state index in [1.807, 2.05) is 25.7 Å². The van der Waals surface area contributed by atoms with Crippen LogP contribution in [0.15, 0.2) is 0 Å². The number of carbonyl (C=O) groups is 1. The van der Waals surface area contributed by atoms with Crippen LogP contribution in [-0.2, 0) is 14.2 Å². The number of methoxy groups -OCH3 is 1. The molecule has 1 heterocycles. The van der Waals surface area contributed by atoms with E-state index in [2.05, 4.69) is 6.92 Å². The second-order valence-electron chi connectivity index (χ2n) is 7.64. The predicted molar refractivity (Wildman–Crippen MR) is 95.0 cm³/mol. The highest BCUT2D eigenvalue weighted by molar-refractivity contribution is 5.69. The summed E-state index contributed by atoms with van der Waals surface area (Å²) in [7, 11) is 1.67. The first kappa shape index (κ1) is 21.2. The molecule has 1 aliphatic heterocycles. The van der Waals surface area contributed by atoms with Gasteiger partial charge in [-0.15, -0.1) is 0 Å². The molecule has 0 aromatic rings. The van der Waals surface area contributed by atoms with Crippen molar-refractivity contribution in [2.45, 2.75) is 58.6 Å². The summed E-state index contributed by atoms with van der Waals surface area (Å²) in [6, 6.07) is 0.201. The Bertz CT molecular complexity index is 371. The van der Waals surface area contributed by atoms with Crippen LogP contribution in [0, 0.1) is 11.8 Å². The molecule has 0 aliphatic carbocycles. The van der Waals surface area contributed by atoms with E-state index in [1.165, 1.54) is 0 Å². The summed E-state index contributed by atoms with van der Waals surface area (Å²) in [5, 5.41) is 0. The van der Waals surface area contributed by atoms with E-state index in [1.54, 1.807) is 7.11 Å². The standard InChI is InChI=1S/C18H36N2O4/c1-14-15(8-10-23-12-11-22-5)13-20(16(14)7-6-9-19)17(21)24-18(2,3)4/h14-16H,6-13,19H2,1-5H3/t14-,15?,16-/m1/s1. The van der Waals surface area contributed by atoms with Crippen molar-refractivity contribution in [1.82, 2.24) is 4.90 Å². The van der Waals surface area contributed by atoms with Gasteiger partial charge in [0.1, 0.15) is 5.60 Å². The number of hydrogen-bond donors (Lipinski definition) is 1. The molecule has 1 rings (SSSR count). The number of amides is 1. The van der Waals surface area contributed by atoms with Crippen LogP contribution in [0.25, 0.3) is 0 Å². The molecule has 0 radical (unpaired) electrons. The van der Waals surface area contributed by atoms with Gasteiger partial charge < -0.3 is 24.8 Å². The molecule has 0 saturated carbocycles. The third kappa shape index (κ3) is 6.95. The minimum atomic E-state index is -0.472. The molecule has 0 bridgehead atoms. The molecule has 1 amide bonds. The Hall–Kier alpha value is -0.850.